The largest absolute Gasteiger partial charge is 0.373 e. The van der Waals surface area contributed by atoms with Crippen molar-refractivity contribution in [2.24, 2.45) is 0 Å². The SMILES string of the molecule is CC1CN(S(=O)(=O)c2cccc(-c3nn(-c4ccccc4)cc3/C=C3\SC(=S)N(Cc4ccccc4Cl)C3=O)c2)CC(C)O1. The zero-order chi connectivity index (χ0) is 31.0. The van der Waals surface area contributed by atoms with E-state index in [4.69, 9.17) is 33.7 Å². The van der Waals surface area contributed by atoms with Crippen LogP contribution in [0.4, 0.5) is 0 Å². The lowest BCUT2D eigenvalue weighted by atomic mass is 10.1. The molecule has 2 atom stereocenters. The Bertz CT molecular complexity index is 1870. The number of amides is 1. The lowest BCUT2D eigenvalue weighted by Crippen LogP contribution is -2.48. The number of sulfonamides is 1. The van der Waals surface area contributed by atoms with Gasteiger partial charge in [0.15, 0.2) is 0 Å². The summed E-state index contributed by atoms with van der Waals surface area (Å²) in [5.74, 6) is -0.231. The quantitative estimate of drug-likeness (QED) is 0.167. The van der Waals surface area contributed by atoms with Crippen LogP contribution in [0.3, 0.4) is 0 Å². The van der Waals surface area contributed by atoms with Gasteiger partial charge < -0.3 is 4.74 Å². The Morgan fingerprint density at radius 1 is 1.02 bits per heavy atom. The molecule has 2 aliphatic rings. The van der Waals surface area contributed by atoms with Crippen LogP contribution in [0.25, 0.3) is 23.0 Å². The first-order valence-corrected chi connectivity index (χ1v) is 17.0. The number of aromatic nitrogens is 2. The van der Waals surface area contributed by atoms with E-state index in [-0.39, 0.29) is 42.6 Å². The number of nitrogens with zero attached hydrogens (tertiary/aromatic N) is 4. The van der Waals surface area contributed by atoms with E-state index < -0.39 is 10.0 Å². The van der Waals surface area contributed by atoms with E-state index in [2.05, 4.69) is 0 Å². The van der Waals surface area contributed by atoms with E-state index in [9.17, 15) is 13.2 Å². The smallest absolute Gasteiger partial charge is 0.266 e. The average Bonchev–Trinajstić information content (AvgIpc) is 3.54. The molecule has 0 bridgehead atoms. The third kappa shape index (κ3) is 6.26. The Labute approximate surface area is 271 Å². The number of para-hydroxylation sites is 1. The van der Waals surface area contributed by atoms with Gasteiger partial charge in [-0.3, -0.25) is 9.69 Å². The Morgan fingerprint density at radius 2 is 1.73 bits per heavy atom. The second kappa shape index (κ2) is 12.6. The van der Waals surface area contributed by atoms with Gasteiger partial charge in [-0.15, -0.1) is 0 Å². The van der Waals surface area contributed by atoms with Crippen molar-refractivity contribution in [2.45, 2.75) is 37.5 Å². The fourth-order valence-corrected chi connectivity index (χ4v) is 8.36. The van der Waals surface area contributed by atoms with Crippen molar-refractivity contribution in [1.82, 2.24) is 19.0 Å². The summed E-state index contributed by atoms with van der Waals surface area (Å²) in [6, 6.07) is 23.7. The van der Waals surface area contributed by atoms with E-state index in [0.29, 0.717) is 31.1 Å². The molecule has 8 nitrogen and oxygen atoms in total. The van der Waals surface area contributed by atoms with Crippen molar-refractivity contribution in [3.8, 4) is 16.9 Å². The molecule has 2 fully saturated rings. The molecule has 1 aromatic heterocycles. The Balaban J connectivity index is 1.38. The van der Waals surface area contributed by atoms with Gasteiger partial charge in [-0.2, -0.15) is 9.40 Å². The van der Waals surface area contributed by atoms with Crippen LogP contribution in [0, 0.1) is 0 Å². The standard InChI is InChI=1S/C32H29ClN4O4S3/c1-21-17-35(18-22(2)41-21)44(39,40)27-13-8-10-23(15-27)30-25(20-37(34-30)26-11-4-3-5-12-26)16-29-31(38)36(32(42)43-29)19-24-9-6-7-14-28(24)33/h3-16,20-22H,17-19H2,1-2H3/b29-16-. The molecule has 1 amide bonds. The number of hydrogen-bond acceptors (Lipinski definition) is 7. The number of morpholine rings is 1. The molecule has 4 aromatic rings. The van der Waals surface area contributed by atoms with Crippen molar-refractivity contribution in [1.29, 1.82) is 0 Å². The maximum Gasteiger partial charge on any atom is 0.266 e. The fraction of sp³-hybridized carbons (Fsp3) is 0.219. The second-order valence-corrected chi connectivity index (χ2v) is 14.7. The van der Waals surface area contributed by atoms with E-state index in [1.165, 1.54) is 21.0 Å². The summed E-state index contributed by atoms with van der Waals surface area (Å²) in [7, 11) is -3.79. The topological polar surface area (TPSA) is 84.7 Å². The van der Waals surface area contributed by atoms with E-state index >= 15 is 0 Å². The molecule has 12 heteroatoms. The first-order valence-electron chi connectivity index (χ1n) is 14.0. The normalized spacial score (nSPS) is 20.5. The molecule has 2 aliphatic heterocycles. The van der Waals surface area contributed by atoms with Gasteiger partial charge in [0.25, 0.3) is 5.91 Å². The van der Waals surface area contributed by atoms with Gasteiger partial charge in [-0.1, -0.05) is 84.1 Å². The fourth-order valence-electron chi connectivity index (χ4n) is 5.28. The number of thioether (sulfide) groups is 1. The average molecular weight is 665 g/mol. The van der Waals surface area contributed by atoms with Gasteiger partial charge in [0, 0.05) is 35.4 Å². The van der Waals surface area contributed by atoms with Gasteiger partial charge in [0.2, 0.25) is 10.0 Å². The number of halogens is 1. The van der Waals surface area contributed by atoms with Gasteiger partial charge in [0.05, 0.1) is 34.2 Å². The molecule has 0 radical (unpaired) electrons. The van der Waals surface area contributed by atoms with Crippen molar-refractivity contribution in [2.75, 3.05) is 13.1 Å². The van der Waals surface area contributed by atoms with Crippen molar-refractivity contribution < 1.29 is 17.9 Å². The summed E-state index contributed by atoms with van der Waals surface area (Å²) >= 11 is 13.1. The third-order valence-corrected chi connectivity index (χ3v) is 10.9. The first kappa shape index (κ1) is 30.7. The predicted molar refractivity (Wildman–Crippen MR) is 178 cm³/mol. The van der Waals surface area contributed by atoms with Crippen LogP contribution >= 0.6 is 35.6 Å². The van der Waals surface area contributed by atoms with Crippen molar-refractivity contribution in [3.05, 3.63) is 106 Å². The molecule has 3 heterocycles. The van der Waals surface area contributed by atoms with E-state index in [1.807, 2.05) is 74.6 Å². The zero-order valence-corrected chi connectivity index (χ0v) is 27.2. The van der Waals surface area contributed by atoms with Crippen LogP contribution in [-0.4, -0.2) is 62.9 Å². The minimum absolute atomic E-state index is 0.169. The van der Waals surface area contributed by atoms with Gasteiger partial charge in [-0.05, 0) is 55.8 Å². The van der Waals surface area contributed by atoms with E-state index in [0.717, 1.165) is 11.3 Å². The van der Waals surface area contributed by atoms with Gasteiger partial charge >= 0.3 is 0 Å². The summed E-state index contributed by atoms with van der Waals surface area (Å²) in [4.78, 5) is 15.7. The molecule has 226 valence electrons. The van der Waals surface area contributed by atoms with Crippen LogP contribution in [0.2, 0.25) is 5.02 Å². The maximum atomic E-state index is 13.7. The van der Waals surface area contributed by atoms with Gasteiger partial charge in [0.1, 0.15) is 10.0 Å². The van der Waals surface area contributed by atoms with Crippen molar-refractivity contribution in [3.63, 3.8) is 0 Å². The monoisotopic (exact) mass is 664 g/mol. The third-order valence-electron chi connectivity index (χ3n) is 7.34. The minimum Gasteiger partial charge on any atom is -0.373 e. The summed E-state index contributed by atoms with van der Waals surface area (Å²) in [6.07, 6.45) is 3.18. The summed E-state index contributed by atoms with van der Waals surface area (Å²) in [5.41, 5.74) is 3.40. The Kier molecular flexibility index (Phi) is 8.78. The highest BCUT2D eigenvalue weighted by molar-refractivity contribution is 8.26. The number of thiocarbonyl (C=S) groups is 1. The highest BCUT2D eigenvalue weighted by atomic mass is 35.5. The first-order chi connectivity index (χ1) is 21.1. The highest BCUT2D eigenvalue weighted by Gasteiger charge is 2.34. The van der Waals surface area contributed by atoms with Crippen molar-refractivity contribution >= 4 is 61.9 Å². The lowest BCUT2D eigenvalue weighted by Gasteiger charge is -2.34. The summed E-state index contributed by atoms with van der Waals surface area (Å²) < 4.78 is 36.8. The maximum absolute atomic E-state index is 13.7. The molecule has 0 saturated carbocycles. The van der Waals surface area contributed by atoms with E-state index in [1.54, 1.807) is 35.0 Å². The van der Waals surface area contributed by atoms with Gasteiger partial charge in [-0.25, -0.2) is 13.1 Å². The molecule has 0 N–H and O–H groups in total. The number of hydrogen-bond donors (Lipinski definition) is 0. The number of rotatable bonds is 7. The number of carbonyl (C=O) groups is 1. The minimum atomic E-state index is -3.79. The molecule has 3 aromatic carbocycles. The predicted octanol–water partition coefficient (Wildman–Crippen LogP) is 6.39. The van der Waals surface area contributed by atoms with Crippen LogP contribution in [-0.2, 0) is 26.1 Å². The molecular formula is C32H29ClN4O4S3. The van der Waals surface area contributed by atoms with Crippen LogP contribution in [0.1, 0.15) is 25.0 Å². The molecule has 0 spiro atoms. The number of benzene rings is 3. The molecule has 2 unspecified atom stereocenters. The lowest BCUT2D eigenvalue weighted by molar-refractivity contribution is -0.122. The molecule has 44 heavy (non-hydrogen) atoms. The summed E-state index contributed by atoms with van der Waals surface area (Å²) in [6.45, 7) is 4.56. The van der Waals surface area contributed by atoms with Crippen LogP contribution in [0.5, 0.6) is 0 Å². The molecule has 6 rings (SSSR count). The number of ether oxygens (including phenoxy) is 1. The highest BCUT2D eigenvalue weighted by Crippen LogP contribution is 2.37. The molecule has 2 saturated heterocycles. The Morgan fingerprint density at radius 3 is 2.45 bits per heavy atom. The van der Waals surface area contributed by atoms with Crippen LogP contribution < -0.4 is 0 Å². The molecule has 0 aliphatic carbocycles. The zero-order valence-electron chi connectivity index (χ0n) is 24.0. The van der Waals surface area contributed by atoms with Crippen LogP contribution in [0.15, 0.2) is 94.9 Å². The second-order valence-electron chi connectivity index (χ2n) is 10.7. The Hall–Kier alpha value is -3.32. The number of carbonyl (C=O) groups excluding carboxylic acids is 1. The summed E-state index contributed by atoms with van der Waals surface area (Å²) in [5, 5.41) is 5.42. The molecular weight excluding hydrogens is 636 g/mol.